The molecule has 1 aromatic carbocycles. The fourth-order valence-corrected chi connectivity index (χ4v) is 3.04. The van der Waals surface area contributed by atoms with E-state index in [4.69, 9.17) is 23.2 Å². The summed E-state index contributed by atoms with van der Waals surface area (Å²) >= 11 is 13.3. The Morgan fingerprint density at radius 3 is 2.86 bits per heavy atom. The van der Waals surface area contributed by atoms with Crippen molar-refractivity contribution in [3.05, 3.63) is 39.6 Å². The fourth-order valence-electron chi connectivity index (χ4n) is 1.84. The lowest BCUT2D eigenvalue weighted by atomic mass is 10.1. The van der Waals surface area contributed by atoms with Crippen LogP contribution in [0.1, 0.15) is 31.3 Å². The molecular weight excluding hydrogens is 343 g/mol. The number of hydrogen-bond donors (Lipinski definition) is 2. The van der Waals surface area contributed by atoms with E-state index in [0.29, 0.717) is 15.2 Å². The van der Waals surface area contributed by atoms with Gasteiger partial charge in [0, 0.05) is 16.5 Å². The number of aryl methyl sites for hydroxylation is 1. The third-order valence-electron chi connectivity index (χ3n) is 2.98. The number of carbonyl (C=O) groups is 1. The minimum Gasteiger partial charge on any atom is -0.349 e. The molecule has 1 unspecified atom stereocenters. The third-order valence-corrected chi connectivity index (χ3v) is 4.39. The van der Waals surface area contributed by atoms with Crippen molar-refractivity contribution < 1.29 is 4.79 Å². The second-order valence-electron chi connectivity index (χ2n) is 4.66. The van der Waals surface area contributed by atoms with Crippen LogP contribution in [0.25, 0.3) is 0 Å². The fraction of sp³-hybridized carbons (Fsp3) is 0.357. The van der Waals surface area contributed by atoms with Gasteiger partial charge in [-0.25, -0.2) is 4.98 Å². The van der Waals surface area contributed by atoms with E-state index >= 15 is 0 Å². The summed E-state index contributed by atoms with van der Waals surface area (Å²) in [5, 5.41) is 11.4. The van der Waals surface area contributed by atoms with Gasteiger partial charge in [-0.05, 0) is 24.6 Å². The highest BCUT2D eigenvalue weighted by molar-refractivity contribution is 7.99. The van der Waals surface area contributed by atoms with E-state index < -0.39 is 0 Å². The maximum Gasteiger partial charge on any atom is 0.230 e. The number of rotatable bonds is 6. The number of carbonyl (C=O) groups excluding carboxylic acids is 1. The zero-order valence-corrected chi connectivity index (χ0v) is 14.5. The number of thioether (sulfide) groups is 1. The molecule has 2 N–H and O–H groups in total. The maximum absolute atomic E-state index is 12.0. The second-order valence-corrected chi connectivity index (χ2v) is 6.45. The predicted molar refractivity (Wildman–Crippen MR) is 89.5 cm³/mol. The lowest BCUT2D eigenvalue weighted by Crippen LogP contribution is -2.28. The largest absolute Gasteiger partial charge is 0.349 e. The Kier molecular flexibility index (Phi) is 6.11. The Morgan fingerprint density at radius 2 is 2.23 bits per heavy atom. The summed E-state index contributed by atoms with van der Waals surface area (Å²) in [4.78, 5) is 16.2. The van der Waals surface area contributed by atoms with Crippen LogP contribution in [0.4, 0.5) is 0 Å². The first kappa shape index (κ1) is 17.1. The van der Waals surface area contributed by atoms with Gasteiger partial charge in [0.05, 0.1) is 11.8 Å². The van der Waals surface area contributed by atoms with Crippen molar-refractivity contribution in [3.8, 4) is 0 Å². The molecule has 0 bridgehead atoms. The Hall–Kier alpha value is -1.24. The molecule has 5 nitrogen and oxygen atoms in total. The average molecular weight is 359 g/mol. The highest BCUT2D eigenvalue weighted by Gasteiger charge is 2.14. The van der Waals surface area contributed by atoms with Crippen molar-refractivity contribution in [1.29, 1.82) is 0 Å². The SMILES string of the molecule is CCc1nc(SCC(=O)NC(C)c2ccc(Cl)cc2Cl)n[nH]1. The number of hydrogen-bond acceptors (Lipinski definition) is 4. The standard InChI is InChI=1S/C14H16Cl2N4OS/c1-3-12-18-14(20-19-12)22-7-13(21)17-8(2)10-5-4-9(15)6-11(10)16/h4-6,8H,3,7H2,1-2H3,(H,17,21)(H,18,19,20). The molecule has 0 aliphatic heterocycles. The first-order valence-corrected chi connectivity index (χ1v) is 8.52. The summed E-state index contributed by atoms with van der Waals surface area (Å²) in [5.41, 5.74) is 0.829. The summed E-state index contributed by atoms with van der Waals surface area (Å²) in [7, 11) is 0. The molecule has 1 atom stereocenters. The van der Waals surface area contributed by atoms with Crippen LogP contribution in [0.2, 0.25) is 10.0 Å². The molecule has 0 fully saturated rings. The minimum absolute atomic E-state index is 0.105. The van der Waals surface area contributed by atoms with Gasteiger partial charge in [0.1, 0.15) is 5.82 Å². The number of halogens is 2. The summed E-state index contributed by atoms with van der Waals surface area (Å²) in [5.74, 6) is 0.951. The van der Waals surface area contributed by atoms with Crippen molar-refractivity contribution in [2.75, 3.05) is 5.75 Å². The zero-order valence-electron chi connectivity index (χ0n) is 12.2. The molecule has 1 aromatic heterocycles. The predicted octanol–water partition coefficient (Wildman–Crippen LogP) is 3.64. The number of nitrogens with zero attached hydrogens (tertiary/aromatic N) is 2. The van der Waals surface area contributed by atoms with E-state index in [0.717, 1.165) is 17.8 Å². The van der Waals surface area contributed by atoms with Crippen molar-refractivity contribution in [3.63, 3.8) is 0 Å². The lowest BCUT2D eigenvalue weighted by Gasteiger charge is -2.15. The summed E-state index contributed by atoms with van der Waals surface area (Å²) in [6.45, 7) is 3.86. The van der Waals surface area contributed by atoms with Gasteiger partial charge in [-0.2, -0.15) is 0 Å². The average Bonchev–Trinajstić information content (AvgIpc) is 2.93. The maximum atomic E-state index is 12.0. The van der Waals surface area contributed by atoms with Crippen LogP contribution in [0, 0.1) is 0 Å². The number of benzene rings is 1. The van der Waals surface area contributed by atoms with E-state index in [1.54, 1.807) is 12.1 Å². The molecule has 2 rings (SSSR count). The molecule has 1 heterocycles. The van der Waals surface area contributed by atoms with Crippen LogP contribution < -0.4 is 5.32 Å². The van der Waals surface area contributed by atoms with Crippen molar-refractivity contribution in [1.82, 2.24) is 20.5 Å². The van der Waals surface area contributed by atoms with E-state index in [9.17, 15) is 4.79 Å². The van der Waals surface area contributed by atoms with E-state index in [2.05, 4.69) is 20.5 Å². The van der Waals surface area contributed by atoms with E-state index in [-0.39, 0.29) is 17.7 Å². The van der Waals surface area contributed by atoms with Gasteiger partial charge in [0.15, 0.2) is 0 Å². The van der Waals surface area contributed by atoms with Gasteiger partial charge < -0.3 is 5.32 Å². The van der Waals surface area contributed by atoms with Crippen molar-refractivity contribution in [2.24, 2.45) is 0 Å². The molecule has 0 aliphatic rings. The van der Waals surface area contributed by atoms with Crippen LogP contribution in [0.15, 0.2) is 23.4 Å². The highest BCUT2D eigenvalue weighted by Crippen LogP contribution is 2.26. The topological polar surface area (TPSA) is 70.7 Å². The number of nitrogens with one attached hydrogen (secondary N) is 2. The molecule has 0 spiro atoms. The van der Waals surface area contributed by atoms with Crippen LogP contribution in [0.3, 0.4) is 0 Å². The third kappa shape index (κ3) is 4.63. The highest BCUT2D eigenvalue weighted by atomic mass is 35.5. The smallest absolute Gasteiger partial charge is 0.230 e. The first-order valence-electron chi connectivity index (χ1n) is 6.78. The Labute approximate surface area is 143 Å². The number of H-pyrrole nitrogens is 1. The number of aromatic nitrogens is 3. The quantitative estimate of drug-likeness (QED) is 0.773. The van der Waals surface area contributed by atoms with Crippen molar-refractivity contribution in [2.45, 2.75) is 31.5 Å². The normalized spacial score (nSPS) is 12.2. The summed E-state index contributed by atoms with van der Waals surface area (Å²) in [6, 6.07) is 5.03. The van der Waals surface area contributed by atoms with Crippen LogP contribution in [0.5, 0.6) is 0 Å². The minimum atomic E-state index is -0.198. The van der Waals surface area contributed by atoms with Gasteiger partial charge in [-0.15, -0.1) is 5.10 Å². The van der Waals surface area contributed by atoms with Gasteiger partial charge >= 0.3 is 0 Å². The Bertz CT molecular complexity index is 662. The second kappa shape index (κ2) is 7.85. The molecule has 22 heavy (non-hydrogen) atoms. The molecule has 8 heteroatoms. The van der Waals surface area contributed by atoms with Crippen LogP contribution in [-0.2, 0) is 11.2 Å². The molecule has 1 amide bonds. The monoisotopic (exact) mass is 358 g/mol. The van der Waals surface area contributed by atoms with Gasteiger partial charge in [0.25, 0.3) is 0 Å². The first-order chi connectivity index (χ1) is 10.5. The molecule has 0 radical (unpaired) electrons. The van der Waals surface area contributed by atoms with Gasteiger partial charge in [-0.1, -0.05) is 48.0 Å². The molecule has 2 aromatic rings. The molecule has 0 saturated heterocycles. The number of amides is 1. The molecule has 118 valence electrons. The number of aromatic amines is 1. The van der Waals surface area contributed by atoms with Crippen LogP contribution >= 0.6 is 35.0 Å². The lowest BCUT2D eigenvalue weighted by molar-refractivity contribution is -0.119. The van der Waals surface area contributed by atoms with Gasteiger partial charge in [0.2, 0.25) is 11.1 Å². The van der Waals surface area contributed by atoms with E-state index in [1.165, 1.54) is 11.8 Å². The summed E-state index contributed by atoms with van der Waals surface area (Å²) < 4.78 is 0. The Balaban J connectivity index is 1.88. The Morgan fingerprint density at radius 1 is 1.45 bits per heavy atom. The van der Waals surface area contributed by atoms with E-state index in [1.807, 2.05) is 19.9 Å². The van der Waals surface area contributed by atoms with Crippen molar-refractivity contribution >= 4 is 40.9 Å². The molecule has 0 saturated carbocycles. The summed E-state index contributed by atoms with van der Waals surface area (Å²) in [6.07, 6.45) is 0.784. The zero-order chi connectivity index (χ0) is 16.1. The van der Waals surface area contributed by atoms with Crippen LogP contribution in [-0.4, -0.2) is 26.8 Å². The molecule has 0 aliphatic carbocycles. The van der Waals surface area contributed by atoms with Gasteiger partial charge in [-0.3, -0.25) is 9.89 Å². The molecular formula is C14H16Cl2N4OS.